The van der Waals surface area contributed by atoms with Gasteiger partial charge in [0.1, 0.15) is 24.3 Å². The fourth-order valence-corrected chi connectivity index (χ4v) is 3.68. The van der Waals surface area contributed by atoms with E-state index in [2.05, 4.69) is 25.7 Å². The lowest BCUT2D eigenvalue weighted by molar-refractivity contribution is 0.262. The number of alkyl halides is 1. The van der Waals surface area contributed by atoms with E-state index in [1.54, 1.807) is 41.2 Å². The van der Waals surface area contributed by atoms with Crippen LogP contribution in [0.25, 0.3) is 28.0 Å². The van der Waals surface area contributed by atoms with E-state index in [-0.39, 0.29) is 11.3 Å². The normalized spacial score (nSPS) is 11.0. The maximum atomic E-state index is 13.6. The minimum Gasteiger partial charge on any atom is -0.443 e. The summed E-state index contributed by atoms with van der Waals surface area (Å²) in [5.74, 6) is 0.185. The Labute approximate surface area is 191 Å². The highest BCUT2D eigenvalue weighted by atomic mass is 19.1. The number of nitrogens with zero attached hydrogens (tertiary/aromatic N) is 4. The number of urea groups is 1. The van der Waals surface area contributed by atoms with Gasteiger partial charge in [-0.15, -0.1) is 0 Å². The molecule has 170 valence electrons. The van der Waals surface area contributed by atoms with Gasteiger partial charge in [-0.25, -0.2) is 28.1 Å². The number of fused-ring (bicyclic) bond motifs is 1. The molecule has 2 aromatic carbocycles. The fourth-order valence-electron chi connectivity index (χ4n) is 3.68. The summed E-state index contributed by atoms with van der Waals surface area (Å²) in [6.45, 7) is -0.837. The molecule has 0 saturated carbocycles. The van der Waals surface area contributed by atoms with Gasteiger partial charge in [0.05, 0.1) is 6.20 Å². The van der Waals surface area contributed by atoms with E-state index in [0.717, 1.165) is 28.8 Å². The van der Waals surface area contributed by atoms with Gasteiger partial charge in [-0.1, -0.05) is 12.1 Å². The molecule has 9 nitrogen and oxygen atoms in total. The molecular weight excluding hydrogens is 444 g/mol. The third-order valence-corrected chi connectivity index (χ3v) is 5.10. The second kappa shape index (κ2) is 8.62. The molecule has 11 heteroatoms. The molecule has 34 heavy (non-hydrogen) atoms. The number of benzene rings is 2. The van der Waals surface area contributed by atoms with Crippen molar-refractivity contribution in [3.63, 3.8) is 0 Å². The summed E-state index contributed by atoms with van der Waals surface area (Å²) in [4.78, 5) is 20.4. The predicted molar refractivity (Wildman–Crippen MR) is 122 cm³/mol. The number of nitrogens with one attached hydrogen (secondary N) is 2. The first-order chi connectivity index (χ1) is 16.5. The van der Waals surface area contributed by atoms with Crippen LogP contribution in [0.1, 0.15) is 5.56 Å². The summed E-state index contributed by atoms with van der Waals surface area (Å²) in [6, 6.07) is 9.92. The number of rotatable bonds is 5. The standard InChI is InChI=1S/C23H17F2N7O2/c24-8-13-5-15(25)7-17(6-13)31-23(33)30-16-3-1-14(2-4-16)20-18(19-9-27-12-34-19)10-32-21(20)22(26)28-11-29-32/h1-7,9-12H,8H2,(H2,26,28,29)(H2,30,31,33). The van der Waals surface area contributed by atoms with Gasteiger partial charge >= 0.3 is 6.03 Å². The fraction of sp³-hybridized carbons (Fsp3) is 0.0435. The highest BCUT2D eigenvalue weighted by Crippen LogP contribution is 2.38. The van der Waals surface area contributed by atoms with E-state index in [0.29, 0.717) is 22.8 Å². The van der Waals surface area contributed by atoms with Crippen molar-refractivity contribution in [2.45, 2.75) is 6.67 Å². The molecule has 3 heterocycles. The number of oxazole rings is 1. The van der Waals surface area contributed by atoms with Gasteiger partial charge < -0.3 is 20.8 Å². The molecular formula is C23H17F2N7O2. The van der Waals surface area contributed by atoms with Crippen molar-refractivity contribution in [1.82, 2.24) is 19.6 Å². The average Bonchev–Trinajstić information content (AvgIpc) is 3.48. The Balaban J connectivity index is 1.42. The Kier molecular flexibility index (Phi) is 5.34. The van der Waals surface area contributed by atoms with Crippen LogP contribution in [-0.4, -0.2) is 25.6 Å². The topological polar surface area (TPSA) is 123 Å². The molecule has 5 aromatic rings. The second-order valence-electron chi connectivity index (χ2n) is 7.36. The molecule has 4 N–H and O–H groups in total. The maximum absolute atomic E-state index is 13.6. The zero-order valence-corrected chi connectivity index (χ0v) is 17.5. The molecule has 2 amide bonds. The third-order valence-electron chi connectivity index (χ3n) is 5.10. The van der Waals surface area contributed by atoms with E-state index < -0.39 is 18.5 Å². The van der Waals surface area contributed by atoms with Crippen molar-refractivity contribution in [3.05, 3.63) is 79.0 Å². The summed E-state index contributed by atoms with van der Waals surface area (Å²) in [7, 11) is 0. The molecule has 0 fully saturated rings. The molecule has 0 bridgehead atoms. The van der Waals surface area contributed by atoms with Crippen LogP contribution in [0.15, 0.2) is 72.0 Å². The Morgan fingerprint density at radius 3 is 2.65 bits per heavy atom. The minimum atomic E-state index is -0.837. The lowest BCUT2D eigenvalue weighted by Crippen LogP contribution is -2.19. The number of amides is 2. The van der Waals surface area contributed by atoms with Gasteiger partial charge in [0, 0.05) is 28.7 Å². The lowest BCUT2D eigenvalue weighted by Gasteiger charge is -2.10. The first-order valence-corrected chi connectivity index (χ1v) is 10.1. The van der Waals surface area contributed by atoms with Gasteiger partial charge in [0.15, 0.2) is 18.0 Å². The van der Waals surface area contributed by atoms with Crippen LogP contribution in [0.2, 0.25) is 0 Å². The largest absolute Gasteiger partial charge is 0.443 e. The lowest BCUT2D eigenvalue weighted by atomic mass is 10.0. The Bertz CT molecular complexity index is 1480. The summed E-state index contributed by atoms with van der Waals surface area (Å²) < 4.78 is 33.5. The van der Waals surface area contributed by atoms with E-state index in [4.69, 9.17) is 10.2 Å². The maximum Gasteiger partial charge on any atom is 0.323 e. The van der Waals surface area contributed by atoms with Crippen LogP contribution in [0.4, 0.5) is 30.8 Å². The third kappa shape index (κ3) is 4.01. The minimum absolute atomic E-state index is 0.130. The molecule has 0 aliphatic heterocycles. The molecule has 0 aliphatic rings. The highest BCUT2D eigenvalue weighted by molar-refractivity contribution is 6.01. The van der Waals surface area contributed by atoms with Crippen molar-refractivity contribution in [2.75, 3.05) is 16.4 Å². The number of carbonyl (C=O) groups is 1. The van der Waals surface area contributed by atoms with Crippen molar-refractivity contribution < 1.29 is 18.0 Å². The van der Waals surface area contributed by atoms with Crippen molar-refractivity contribution >= 4 is 28.7 Å². The van der Waals surface area contributed by atoms with Crippen molar-refractivity contribution in [3.8, 4) is 22.5 Å². The van der Waals surface area contributed by atoms with Gasteiger partial charge in [0.25, 0.3) is 0 Å². The molecule has 0 saturated heterocycles. The number of hydrogen-bond acceptors (Lipinski definition) is 6. The molecule has 5 rings (SSSR count). The molecule has 0 spiro atoms. The number of anilines is 3. The molecule has 0 aliphatic carbocycles. The van der Waals surface area contributed by atoms with Crippen LogP contribution in [0.5, 0.6) is 0 Å². The first-order valence-electron chi connectivity index (χ1n) is 10.1. The predicted octanol–water partition coefficient (Wildman–Crippen LogP) is 4.89. The van der Waals surface area contributed by atoms with Crippen molar-refractivity contribution in [2.24, 2.45) is 0 Å². The Hall–Kier alpha value is -4.80. The Morgan fingerprint density at radius 1 is 1.12 bits per heavy atom. The summed E-state index contributed by atoms with van der Waals surface area (Å²) >= 11 is 0. The van der Waals surface area contributed by atoms with Crippen LogP contribution < -0.4 is 16.4 Å². The van der Waals surface area contributed by atoms with Crippen molar-refractivity contribution in [1.29, 1.82) is 0 Å². The quantitative estimate of drug-likeness (QED) is 0.343. The molecule has 0 atom stereocenters. The number of halogens is 2. The van der Waals surface area contributed by atoms with E-state index >= 15 is 0 Å². The smallest absolute Gasteiger partial charge is 0.323 e. The van der Waals surface area contributed by atoms with Crippen LogP contribution in [-0.2, 0) is 6.67 Å². The first kappa shape index (κ1) is 21.1. The SMILES string of the molecule is Nc1ncnn2cc(-c3cnco3)c(-c3ccc(NC(=O)Nc4cc(F)cc(CF)c4)cc3)c12. The van der Waals surface area contributed by atoms with E-state index in [1.165, 1.54) is 18.8 Å². The highest BCUT2D eigenvalue weighted by Gasteiger charge is 2.20. The van der Waals surface area contributed by atoms with Gasteiger partial charge in [-0.2, -0.15) is 5.10 Å². The molecule has 3 aromatic heterocycles. The summed E-state index contributed by atoms with van der Waals surface area (Å²) in [5, 5.41) is 9.38. The number of aromatic nitrogens is 4. The zero-order valence-electron chi connectivity index (χ0n) is 17.5. The van der Waals surface area contributed by atoms with E-state index in [9.17, 15) is 13.6 Å². The summed E-state index contributed by atoms with van der Waals surface area (Å²) in [6.07, 6.45) is 6.05. The number of nitrogens with two attached hydrogens (primary N) is 1. The van der Waals surface area contributed by atoms with Gasteiger partial charge in [0.2, 0.25) is 0 Å². The van der Waals surface area contributed by atoms with Gasteiger partial charge in [-0.3, -0.25) is 0 Å². The zero-order chi connectivity index (χ0) is 23.7. The molecule has 0 unspecified atom stereocenters. The van der Waals surface area contributed by atoms with Crippen LogP contribution in [0, 0.1) is 5.82 Å². The molecule has 0 radical (unpaired) electrons. The van der Waals surface area contributed by atoms with E-state index in [1.807, 2.05) is 0 Å². The number of nitrogen functional groups attached to an aromatic ring is 1. The Morgan fingerprint density at radius 2 is 1.91 bits per heavy atom. The average molecular weight is 461 g/mol. The van der Waals surface area contributed by atoms with Crippen LogP contribution >= 0.6 is 0 Å². The van der Waals surface area contributed by atoms with Gasteiger partial charge in [-0.05, 0) is 41.5 Å². The second-order valence-corrected chi connectivity index (χ2v) is 7.36. The number of carbonyl (C=O) groups excluding carboxylic acids is 1. The monoisotopic (exact) mass is 461 g/mol. The summed E-state index contributed by atoms with van der Waals surface area (Å²) in [5.41, 5.74) is 9.73. The number of hydrogen-bond donors (Lipinski definition) is 3. The van der Waals surface area contributed by atoms with Crippen LogP contribution in [0.3, 0.4) is 0 Å².